The number of benzene rings is 1. The summed E-state index contributed by atoms with van der Waals surface area (Å²) in [6.07, 6.45) is 7.94. The third-order valence-corrected chi connectivity index (χ3v) is 11.6. The molecule has 0 aromatic heterocycles. The minimum atomic E-state index is -0.765. The van der Waals surface area contributed by atoms with Crippen LogP contribution in [0.25, 0.3) is 0 Å². The number of aliphatic hydroxyl groups is 1. The molecule has 0 aliphatic carbocycles. The summed E-state index contributed by atoms with van der Waals surface area (Å²) in [4.78, 5) is 49.2. The quantitative estimate of drug-likeness (QED) is 0.298. The van der Waals surface area contributed by atoms with Gasteiger partial charge in [0.15, 0.2) is 0 Å². The van der Waals surface area contributed by atoms with Gasteiger partial charge in [-0.2, -0.15) is 0 Å². The topological polar surface area (TPSA) is 81.2 Å². The summed E-state index contributed by atoms with van der Waals surface area (Å²) in [6.45, 7) is 17.2. The summed E-state index contributed by atoms with van der Waals surface area (Å²) in [7, 11) is 0. The number of carbonyl (C=O) groups excluding carboxylic acids is 3. The second-order valence-electron chi connectivity index (χ2n) is 12.5. The summed E-state index contributed by atoms with van der Waals surface area (Å²) in [6, 6.07) is 8.42. The van der Waals surface area contributed by atoms with E-state index in [0.717, 1.165) is 31.2 Å². The monoisotopic (exact) mass is 595 g/mol. The van der Waals surface area contributed by atoms with Crippen molar-refractivity contribution >= 4 is 29.5 Å². The Balaban J connectivity index is 1.83. The van der Waals surface area contributed by atoms with E-state index in [-0.39, 0.29) is 30.4 Å². The Labute approximate surface area is 256 Å². The number of hydrogen-bond donors (Lipinski definition) is 1. The van der Waals surface area contributed by atoms with Gasteiger partial charge in [0.05, 0.1) is 29.2 Å². The number of likely N-dealkylation sites (tertiary alicyclic amines) is 1. The highest BCUT2D eigenvalue weighted by Crippen LogP contribution is 2.72. The number of amides is 3. The second kappa shape index (κ2) is 13.4. The molecular weight excluding hydrogens is 546 g/mol. The Kier molecular flexibility index (Phi) is 10.3. The van der Waals surface area contributed by atoms with Crippen molar-refractivity contribution in [1.29, 1.82) is 0 Å². The van der Waals surface area contributed by atoms with Gasteiger partial charge in [0.2, 0.25) is 17.7 Å². The molecule has 3 amide bonds. The normalized spacial score (nSPS) is 29.2. The van der Waals surface area contributed by atoms with Gasteiger partial charge in [-0.15, -0.1) is 24.9 Å². The Morgan fingerprint density at radius 1 is 1.12 bits per heavy atom. The van der Waals surface area contributed by atoms with Crippen molar-refractivity contribution in [2.45, 2.75) is 93.8 Å². The van der Waals surface area contributed by atoms with E-state index in [9.17, 15) is 19.5 Å². The summed E-state index contributed by atoms with van der Waals surface area (Å²) < 4.78 is -1.17. The Morgan fingerprint density at radius 2 is 1.81 bits per heavy atom. The average Bonchev–Trinajstić information content (AvgIpc) is 3.55. The van der Waals surface area contributed by atoms with Gasteiger partial charge in [-0.3, -0.25) is 14.4 Å². The Morgan fingerprint density at radius 3 is 2.40 bits per heavy atom. The largest absolute Gasteiger partial charge is 0.394 e. The van der Waals surface area contributed by atoms with Crippen LogP contribution in [-0.2, 0) is 20.8 Å². The molecule has 1 N–H and O–H groups in total. The highest BCUT2D eigenvalue weighted by molar-refractivity contribution is 8.02. The molecule has 1 aromatic carbocycles. The number of carbonyl (C=O) groups is 3. The van der Waals surface area contributed by atoms with Crippen LogP contribution in [0.4, 0.5) is 0 Å². The first kappa shape index (κ1) is 32.3. The zero-order valence-corrected chi connectivity index (χ0v) is 26.7. The van der Waals surface area contributed by atoms with Crippen LogP contribution >= 0.6 is 11.8 Å². The van der Waals surface area contributed by atoms with Crippen LogP contribution in [0.3, 0.4) is 0 Å². The smallest absolute Gasteiger partial charge is 0.247 e. The van der Waals surface area contributed by atoms with E-state index in [1.807, 2.05) is 47.1 Å². The average molecular weight is 596 g/mol. The minimum Gasteiger partial charge on any atom is -0.394 e. The highest BCUT2D eigenvalue weighted by Gasteiger charge is 2.78. The van der Waals surface area contributed by atoms with Crippen LogP contribution in [0, 0.1) is 11.8 Å². The van der Waals surface area contributed by atoms with Crippen molar-refractivity contribution in [3.8, 4) is 0 Å². The van der Waals surface area contributed by atoms with Crippen molar-refractivity contribution < 1.29 is 19.5 Å². The summed E-state index contributed by atoms with van der Waals surface area (Å²) in [5.41, 5.74) is 0.990. The van der Waals surface area contributed by atoms with Crippen LogP contribution in [0.2, 0.25) is 0 Å². The van der Waals surface area contributed by atoms with Crippen LogP contribution in [0.1, 0.15) is 65.4 Å². The van der Waals surface area contributed by atoms with Crippen molar-refractivity contribution in [3.05, 3.63) is 61.2 Å². The molecular formula is C34H49N3O4S. The van der Waals surface area contributed by atoms with Crippen LogP contribution in [0.5, 0.6) is 0 Å². The lowest BCUT2D eigenvalue weighted by atomic mass is 9.66. The number of thioether (sulfide) groups is 1. The molecule has 8 heteroatoms. The fourth-order valence-corrected chi connectivity index (χ4v) is 10.2. The number of aliphatic hydroxyl groups excluding tert-OH is 1. The summed E-state index contributed by atoms with van der Waals surface area (Å²) in [5, 5.41) is 10.8. The van der Waals surface area contributed by atoms with E-state index in [4.69, 9.17) is 0 Å². The summed E-state index contributed by atoms with van der Waals surface area (Å²) in [5.74, 6) is -1.45. The maximum Gasteiger partial charge on any atom is 0.247 e. The molecule has 7 nitrogen and oxygen atoms in total. The predicted octanol–water partition coefficient (Wildman–Crippen LogP) is 4.70. The first-order valence-corrected chi connectivity index (χ1v) is 16.4. The zero-order valence-electron chi connectivity index (χ0n) is 25.8. The molecule has 2 bridgehead atoms. The first-order valence-electron chi connectivity index (χ1n) is 15.6. The van der Waals surface area contributed by atoms with E-state index in [1.165, 1.54) is 0 Å². The van der Waals surface area contributed by atoms with Gasteiger partial charge in [0.25, 0.3) is 0 Å². The standard InChI is InChI=1S/C34H49N3O4S/c1-7-14-24(5)36(21-10-4)32(41)29-34-18-17-33(6,42-34)27(30(39)35(19-8-2)20-9-3)28(34)31(40)37(29)26(23-38)22-25-15-12-11-13-16-25/h8,10-13,15-16,24,26-29,38H,2,4,7,9,14,17-23H2,1,3,5-6H3/t24?,26-,27+,28+,29?,33-,34?/m1/s1. The van der Waals surface area contributed by atoms with E-state index in [2.05, 4.69) is 33.9 Å². The molecule has 3 aliphatic heterocycles. The molecule has 42 heavy (non-hydrogen) atoms. The molecule has 230 valence electrons. The third-order valence-electron chi connectivity index (χ3n) is 9.63. The van der Waals surface area contributed by atoms with Crippen LogP contribution < -0.4 is 0 Å². The number of hydrogen-bond acceptors (Lipinski definition) is 5. The van der Waals surface area contributed by atoms with Crippen molar-refractivity contribution in [2.24, 2.45) is 11.8 Å². The van der Waals surface area contributed by atoms with E-state index >= 15 is 0 Å². The zero-order chi connectivity index (χ0) is 30.7. The molecule has 3 fully saturated rings. The van der Waals surface area contributed by atoms with Gasteiger partial charge < -0.3 is 19.8 Å². The van der Waals surface area contributed by atoms with Gasteiger partial charge in [0.1, 0.15) is 6.04 Å². The van der Waals surface area contributed by atoms with Gasteiger partial charge in [0, 0.05) is 30.4 Å². The number of nitrogens with zero attached hydrogens (tertiary/aromatic N) is 3. The fourth-order valence-electron chi connectivity index (χ4n) is 7.82. The highest BCUT2D eigenvalue weighted by atomic mass is 32.2. The molecule has 7 atom stereocenters. The number of rotatable bonds is 15. The van der Waals surface area contributed by atoms with E-state index in [0.29, 0.717) is 32.5 Å². The molecule has 1 spiro atoms. The van der Waals surface area contributed by atoms with Crippen molar-refractivity contribution in [1.82, 2.24) is 14.7 Å². The Bertz CT molecular complexity index is 1160. The van der Waals surface area contributed by atoms with Crippen LogP contribution in [-0.4, -0.2) is 91.4 Å². The van der Waals surface area contributed by atoms with Crippen molar-refractivity contribution in [3.63, 3.8) is 0 Å². The van der Waals surface area contributed by atoms with E-state index in [1.54, 1.807) is 28.8 Å². The van der Waals surface area contributed by atoms with E-state index < -0.39 is 33.4 Å². The van der Waals surface area contributed by atoms with Crippen LogP contribution in [0.15, 0.2) is 55.6 Å². The molecule has 4 rings (SSSR count). The second-order valence-corrected chi connectivity index (χ2v) is 14.4. The summed E-state index contributed by atoms with van der Waals surface area (Å²) >= 11 is 1.69. The maximum absolute atomic E-state index is 14.8. The van der Waals surface area contributed by atoms with Gasteiger partial charge >= 0.3 is 0 Å². The lowest BCUT2D eigenvalue weighted by Gasteiger charge is -2.41. The minimum absolute atomic E-state index is 0.0226. The SMILES string of the molecule is C=CCN(CCC)C(=O)[C@@H]1[C@H]2C(=O)N([C@@H](CO)Cc3ccccc3)C(C(=O)N(CC=C)C(C)CCC)C23CC[C@@]1(C)S3. The van der Waals surface area contributed by atoms with Crippen molar-refractivity contribution in [2.75, 3.05) is 26.2 Å². The molecule has 3 heterocycles. The lowest BCUT2D eigenvalue weighted by molar-refractivity contribution is -0.148. The fraction of sp³-hybridized carbons (Fsp3) is 0.618. The third kappa shape index (κ3) is 5.57. The Hall–Kier alpha value is -2.58. The molecule has 3 aliphatic rings. The maximum atomic E-state index is 14.8. The first-order chi connectivity index (χ1) is 20.1. The van der Waals surface area contributed by atoms with Gasteiger partial charge in [-0.25, -0.2) is 0 Å². The molecule has 0 radical (unpaired) electrons. The number of fused-ring (bicyclic) bond motifs is 1. The lowest BCUT2D eigenvalue weighted by Crippen LogP contribution is -2.59. The molecule has 0 saturated carbocycles. The van der Waals surface area contributed by atoms with Gasteiger partial charge in [-0.05, 0) is 51.5 Å². The molecule has 3 saturated heterocycles. The molecule has 3 unspecified atom stereocenters. The predicted molar refractivity (Wildman–Crippen MR) is 170 cm³/mol. The van der Waals surface area contributed by atoms with Gasteiger partial charge in [-0.1, -0.05) is 62.8 Å². The molecule has 1 aromatic rings.